The van der Waals surface area contributed by atoms with Gasteiger partial charge in [-0.1, -0.05) is 18.2 Å². The summed E-state index contributed by atoms with van der Waals surface area (Å²) in [5, 5.41) is 49.5. The second-order valence-corrected chi connectivity index (χ2v) is 10.8. The van der Waals surface area contributed by atoms with Crippen molar-refractivity contribution in [3.8, 4) is 0 Å². The molecule has 0 amide bonds. The SMILES string of the molecule is CC(=O)c1cccc(N2CC(C)(O)C(C)(O)C2)c1.CC1(O)CN(c2cccc(C(=O)O)c2)CC1(C)O.O.[Li+].[OH-]. The van der Waals surface area contributed by atoms with Crippen LogP contribution in [0, 0.1) is 0 Å². The number of nitrogens with zero attached hydrogens (tertiary/aromatic N) is 2. The standard InChI is InChI=1S/C14H19NO3.C13H17NO4.Li.2H2O/c1-10(16)11-5-4-6-12(7-11)15-8-13(2,17)14(3,18)9-15;1-12(17)7-14(8-13(12,2)18)10-5-3-4-9(6-10)11(15)16;;;/h4-7,17-18H,8-9H2,1-3H3;3-6,17-18H,7-8H2,1-2H3,(H,15,16);;2*1H2/q;;+1;;/p-1. The molecule has 0 aromatic heterocycles. The third-order valence-electron chi connectivity index (χ3n) is 7.39. The van der Waals surface area contributed by atoms with E-state index < -0.39 is 28.4 Å². The van der Waals surface area contributed by atoms with Crippen molar-refractivity contribution in [2.75, 3.05) is 36.0 Å². The van der Waals surface area contributed by atoms with E-state index in [0.29, 0.717) is 24.3 Å². The zero-order valence-corrected chi connectivity index (χ0v) is 23.3. The Labute approximate surface area is 240 Å². The largest absolute Gasteiger partial charge is 1.00 e. The van der Waals surface area contributed by atoms with Gasteiger partial charge in [-0.3, -0.25) is 4.79 Å². The fourth-order valence-corrected chi connectivity index (χ4v) is 4.40. The molecule has 8 N–H and O–H groups in total. The molecule has 4 rings (SSSR count). The van der Waals surface area contributed by atoms with E-state index >= 15 is 0 Å². The number of rotatable bonds is 4. The number of benzene rings is 2. The average molecular weight is 543 g/mol. The third kappa shape index (κ3) is 7.81. The second-order valence-electron chi connectivity index (χ2n) is 10.8. The second kappa shape index (κ2) is 12.8. The van der Waals surface area contributed by atoms with Crippen LogP contribution in [-0.2, 0) is 0 Å². The molecule has 2 fully saturated rings. The number of β-amino-alcohol motifs (C(OH)–C–C–N with tert-alkyl or cyclic N) is 4. The fraction of sp³-hybridized carbons (Fsp3) is 0.481. The summed E-state index contributed by atoms with van der Waals surface area (Å²) in [5.41, 5.74) is -2.37. The molecule has 0 aliphatic carbocycles. The number of aliphatic hydroxyl groups is 4. The van der Waals surface area contributed by atoms with E-state index in [4.69, 9.17) is 5.11 Å². The number of carbonyl (C=O) groups excluding carboxylic acids is 1. The molecule has 0 radical (unpaired) electrons. The molecule has 2 aliphatic heterocycles. The van der Waals surface area contributed by atoms with Gasteiger partial charge in [0.25, 0.3) is 0 Å². The van der Waals surface area contributed by atoms with Crippen molar-refractivity contribution < 1.29 is 64.9 Å². The predicted molar refractivity (Wildman–Crippen MR) is 142 cm³/mol. The monoisotopic (exact) mass is 542 g/mol. The third-order valence-corrected chi connectivity index (χ3v) is 7.39. The van der Waals surface area contributed by atoms with Gasteiger partial charge in [0.2, 0.25) is 0 Å². The van der Waals surface area contributed by atoms with Gasteiger partial charge in [0.15, 0.2) is 5.78 Å². The Balaban J connectivity index is 0.000000688. The molecule has 212 valence electrons. The molecule has 0 spiro atoms. The van der Waals surface area contributed by atoms with Gasteiger partial charge in [0.05, 0.1) is 5.56 Å². The van der Waals surface area contributed by atoms with E-state index in [1.165, 1.54) is 13.0 Å². The molecule has 0 bridgehead atoms. The fourth-order valence-electron chi connectivity index (χ4n) is 4.40. The van der Waals surface area contributed by atoms with Gasteiger partial charge in [-0.05, 0) is 65.0 Å². The molecular formula is C27H39LiN2O9. The molecule has 2 aromatic carbocycles. The minimum absolute atomic E-state index is 0. The van der Waals surface area contributed by atoms with E-state index in [9.17, 15) is 30.0 Å². The van der Waals surface area contributed by atoms with Crippen LogP contribution in [0.5, 0.6) is 0 Å². The number of hydrogen-bond acceptors (Lipinski definition) is 9. The molecule has 0 saturated carbocycles. The molecule has 2 heterocycles. The van der Waals surface area contributed by atoms with Crippen LogP contribution in [0.1, 0.15) is 55.3 Å². The van der Waals surface area contributed by atoms with Gasteiger partial charge in [0, 0.05) is 43.1 Å². The van der Waals surface area contributed by atoms with E-state index in [-0.39, 0.29) is 54.2 Å². The Hall–Kier alpha value is -2.46. The van der Waals surface area contributed by atoms with Crippen molar-refractivity contribution in [2.24, 2.45) is 0 Å². The van der Waals surface area contributed by atoms with Crippen molar-refractivity contribution in [3.05, 3.63) is 59.7 Å². The van der Waals surface area contributed by atoms with Crippen LogP contribution in [0.25, 0.3) is 0 Å². The van der Waals surface area contributed by atoms with Gasteiger partial charge in [-0.2, -0.15) is 0 Å². The van der Waals surface area contributed by atoms with Crippen LogP contribution >= 0.6 is 0 Å². The zero-order valence-electron chi connectivity index (χ0n) is 23.3. The maximum absolute atomic E-state index is 11.3. The Kier molecular flexibility index (Phi) is 12.0. The molecule has 12 heteroatoms. The van der Waals surface area contributed by atoms with E-state index in [0.717, 1.165) is 5.69 Å². The van der Waals surface area contributed by atoms with Crippen LogP contribution in [-0.4, -0.2) is 96.8 Å². The predicted octanol–water partition coefficient (Wildman–Crippen LogP) is -2.08. The minimum Gasteiger partial charge on any atom is -0.870 e. The van der Waals surface area contributed by atoms with E-state index in [2.05, 4.69) is 0 Å². The number of ketones is 1. The number of aromatic carboxylic acids is 1. The first-order chi connectivity index (χ1) is 16.5. The first-order valence-corrected chi connectivity index (χ1v) is 11.8. The summed E-state index contributed by atoms with van der Waals surface area (Å²) >= 11 is 0. The van der Waals surface area contributed by atoms with Gasteiger partial charge in [-0.25, -0.2) is 4.79 Å². The van der Waals surface area contributed by atoms with Crippen molar-refractivity contribution in [1.82, 2.24) is 0 Å². The van der Waals surface area contributed by atoms with Crippen LogP contribution in [0.3, 0.4) is 0 Å². The van der Waals surface area contributed by atoms with Gasteiger partial charge >= 0.3 is 24.8 Å². The van der Waals surface area contributed by atoms with Crippen LogP contribution in [0.4, 0.5) is 11.4 Å². The summed E-state index contributed by atoms with van der Waals surface area (Å²) in [6.45, 7) is 9.16. The van der Waals surface area contributed by atoms with Crippen LogP contribution < -0.4 is 28.7 Å². The Morgan fingerprint density at radius 3 is 1.31 bits per heavy atom. The van der Waals surface area contributed by atoms with Crippen molar-refractivity contribution in [1.29, 1.82) is 0 Å². The molecule has 39 heavy (non-hydrogen) atoms. The number of hydrogen-bond donors (Lipinski definition) is 5. The van der Waals surface area contributed by atoms with Gasteiger partial charge < -0.3 is 46.3 Å². The Morgan fingerprint density at radius 1 is 0.692 bits per heavy atom. The Bertz CT molecular complexity index is 1030. The van der Waals surface area contributed by atoms with Crippen molar-refractivity contribution in [3.63, 3.8) is 0 Å². The number of carbonyl (C=O) groups is 2. The molecule has 4 atom stereocenters. The van der Waals surface area contributed by atoms with E-state index in [1.54, 1.807) is 62.9 Å². The van der Waals surface area contributed by atoms with E-state index in [1.807, 2.05) is 17.0 Å². The summed E-state index contributed by atoms with van der Waals surface area (Å²) in [4.78, 5) is 25.9. The summed E-state index contributed by atoms with van der Waals surface area (Å²) in [7, 11) is 0. The summed E-state index contributed by atoms with van der Waals surface area (Å²) in [6, 6.07) is 13.7. The minimum atomic E-state index is -1.22. The maximum atomic E-state index is 11.3. The molecule has 2 saturated heterocycles. The number of carboxylic acid groups (broad SMARTS) is 1. The summed E-state index contributed by atoms with van der Waals surface area (Å²) in [6.07, 6.45) is 0. The zero-order chi connectivity index (χ0) is 27.1. The number of carboxylic acids is 1. The van der Waals surface area contributed by atoms with Crippen LogP contribution in [0.2, 0.25) is 0 Å². The molecule has 4 unspecified atom stereocenters. The number of Topliss-reactive ketones (excluding diaryl/α,β-unsaturated/α-hetero) is 1. The topological polar surface area (TPSA) is 203 Å². The van der Waals surface area contributed by atoms with Gasteiger partial charge in [0.1, 0.15) is 22.4 Å². The molecule has 2 aliphatic rings. The molecule has 11 nitrogen and oxygen atoms in total. The van der Waals surface area contributed by atoms with Crippen molar-refractivity contribution in [2.45, 2.75) is 57.0 Å². The summed E-state index contributed by atoms with van der Waals surface area (Å²) in [5.74, 6) is -0.982. The maximum Gasteiger partial charge on any atom is 1.00 e. The Morgan fingerprint density at radius 2 is 1.00 bits per heavy atom. The molecular weight excluding hydrogens is 503 g/mol. The smallest absolute Gasteiger partial charge is 0.870 e. The van der Waals surface area contributed by atoms with Crippen LogP contribution in [0.15, 0.2) is 48.5 Å². The number of anilines is 2. The van der Waals surface area contributed by atoms with Gasteiger partial charge in [-0.15, -0.1) is 0 Å². The first-order valence-electron chi connectivity index (χ1n) is 11.8. The van der Waals surface area contributed by atoms with Crippen molar-refractivity contribution >= 4 is 23.1 Å². The average Bonchev–Trinajstić information content (AvgIpc) is 3.14. The molecule has 2 aromatic rings. The first kappa shape index (κ1) is 36.5. The normalized spacial score (nSPS) is 29.3. The quantitative estimate of drug-likeness (QED) is 0.211. The summed E-state index contributed by atoms with van der Waals surface area (Å²) < 4.78 is 0.